The maximum absolute atomic E-state index is 13.2. The van der Waals surface area contributed by atoms with Gasteiger partial charge in [-0.3, -0.25) is 9.69 Å². The zero-order valence-electron chi connectivity index (χ0n) is 20.1. The second kappa shape index (κ2) is 10.9. The van der Waals surface area contributed by atoms with Crippen LogP contribution in [0.4, 0.5) is 5.69 Å². The van der Waals surface area contributed by atoms with Gasteiger partial charge in [0.15, 0.2) is 0 Å². The number of anilines is 1. The Morgan fingerprint density at radius 1 is 1.18 bits per heavy atom. The second-order valence-electron chi connectivity index (χ2n) is 8.98. The zero-order valence-corrected chi connectivity index (χ0v) is 21.7. The van der Waals surface area contributed by atoms with Crippen molar-refractivity contribution in [3.8, 4) is 17.0 Å². The fraction of sp³-hybridized carbons (Fsp3) is 0.385. The first-order chi connectivity index (χ1) is 16.3. The number of carbonyl (C=O) groups is 1. The molecule has 34 heavy (non-hydrogen) atoms. The first-order valence-electron chi connectivity index (χ1n) is 11.5. The number of methoxy groups -OCH3 is 1. The Bertz CT molecular complexity index is 1160. The molecule has 1 amide bonds. The summed E-state index contributed by atoms with van der Waals surface area (Å²) in [7, 11) is 3.78. The van der Waals surface area contributed by atoms with Crippen LogP contribution in [0, 0.1) is 0 Å². The van der Waals surface area contributed by atoms with Crippen LogP contribution < -0.4 is 10.1 Å². The van der Waals surface area contributed by atoms with Gasteiger partial charge in [0, 0.05) is 60.8 Å². The molecule has 1 N–H and O–H groups in total. The van der Waals surface area contributed by atoms with Gasteiger partial charge in [-0.2, -0.15) is 0 Å². The molecule has 1 aromatic heterocycles. The Labute approximate surface area is 210 Å². The van der Waals surface area contributed by atoms with Gasteiger partial charge in [0.1, 0.15) is 5.75 Å². The SMILES string of the molecule is COc1ccc(C(=O)Nc2ccc(-c3csc(C(C)C)n3)c(Cl)c2)c(CN2CCN(C)CC2)c1. The topological polar surface area (TPSA) is 57.7 Å². The quantitative estimate of drug-likeness (QED) is 0.459. The summed E-state index contributed by atoms with van der Waals surface area (Å²) in [5.74, 6) is 0.962. The molecule has 2 heterocycles. The number of halogens is 1. The number of nitrogens with one attached hydrogen (secondary N) is 1. The van der Waals surface area contributed by atoms with Crippen molar-refractivity contribution < 1.29 is 9.53 Å². The lowest BCUT2D eigenvalue weighted by Gasteiger charge is -2.32. The van der Waals surface area contributed by atoms with Crippen LogP contribution in [0.3, 0.4) is 0 Å². The van der Waals surface area contributed by atoms with Gasteiger partial charge >= 0.3 is 0 Å². The van der Waals surface area contributed by atoms with E-state index in [0.29, 0.717) is 28.7 Å². The first-order valence-corrected chi connectivity index (χ1v) is 12.7. The molecule has 0 radical (unpaired) electrons. The lowest BCUT2D eigenvalue weighted by Crippen LogP contribution is -2.44. The summed E-state index contributed by atoms with van der Waals surface area (Å²) in [5.41, 5.74) is 3.97. The molecular formula is C26H31ClN4O2S. The van der Waals surface area contributed by atoms with Gasteiger partial charge in [0.05, 0.1) is 22.8 Å². The smallest absolute Gasteiger partial charge is 0.255 e. The van der Waals surface area contributed by atoms with E-state index in [1.165, 1.54) is 0 Å². The van der Waals surface area contributed by atoms with Crippen molar-refractivity contribution in [2.24, 2.45) is 0 Å². The van der Waals surface area contributed by atoms with Gasteiger partial charge in [-0.1, -0.05) is 25.4 Å². The van der Waals surface area contributed by atoms with E-state index >= 15 is 0 Å². The van der Waals surface area contributed by atoms with Gasteiger partial charge in [-0.05, 0) is 49.0 Å². The van der Waals surface area contributed by atoms with Crippen molar-refractivity contribution in [1.29, 1.82) is 0 Å². The molecule has 0 saturated carbocycles. The number of aromatic nitrogens is 1. The van der Waals surface area contributed by atoms with Gasteiger partial charge in [0.2, 0.25) is 0 Å². The zero-order chi connectivity index (χ0) is 24.2. The largest absolute Gasteiger partial charge is 0.497 e. The Morgan fingerprint density at radius 3 is 2.59 bits per heavy atom. The molecule has 0 aliphatic carbocycles. The fourth-order valence-corrected chi connectivity index (χ4v) is 5.08. The van der Waals surface area contributed by atoms with Crippen LogP contribution in [0.25, 0.3) is 11.3 Å². The molecule has 0 unspecified atom stereocenters. The molecule has 0 atom stereocenters. The molecule has 1 fully saturated rings. The predicted octanol–water partition coefficient (Wildman–Crippen LogP) is 5.60. The molecule has 0 bridgehead atoms. The van der Waals surface area contributed by atoms with Gasteiger partial charge < -0.3 is 15.0 Å². The third-order valence-corrected chi connectivity index (χ3v) is 7.52. The van der Waals surface area contributed by atoms with Crippen molar-refractivity contribution in [2.45, 2.75) is 26.3 Å². The van der Waals surface area contributed by atoms with Crippen LogP contribution in [0.15, 0.2) is 41.8 Å². The minimum absolute atomic E-state index is 0.161. The summed E-state index contributed by atoms with van der Waals surface area (Å²) in [6.07, 6.45) is 0. The maximum Gasteiger partial charge on any atom is 0.255 e. The van der Waals surface area contributed by atoms with Crippen LogP contribution >= 0.6 is 22.9 Å². The molecular weight excluding hydrogens is 468 g/mol. The van der Waals surface area contributed by atoms with Crippen LogP contribution in [0.5, 0.6) is 5.75 Å². The molecule has 180 valence electrons. The summed E-state index contributed by atoms with van der Waals surface area (Å²) in [6.45, 7) is 8.94. The van der Waals surface area contributed by atoms with Gasteiger partial charge in [-0.25, -0.2) is 4.98 Å². The minimum atomic E-state index is -0.161. The summed E-state index contributed by atoms with van der Waals surface area (Å²) in [5, 5.41) is 6.68. The third-order valence-electron chi connectivity index (χ3n) is 6.07. The molecule has 1 saturated heterocycles. The summed E-state index contributed by atoms with van der Waals surface area (Å²) >= 11 is 8.22. The number of nitrogens with zero attached hydrogens (tertiary/aromatic N) is 3. The van der Waals surface area contributed by atoms with Crippen LogP contribution in [0.1, 0.15) is 40.7 Å². The number of benzene rings is 2. The molecule has 2 aromatic carbocycles. The van der Waals surface area contributed by atoms with E-state index in [4.69, 9.17) is 21.3 Å². The van der Waals surface area contributed by atoms with E-state index in [0.717, 1.165) is 53.8 Å². The average Bonchev–Trinajstić information content (AvgIpc) is 3.31. The van der Waals surface area contributed by atoms with Crippen molar-refractivity contribution in [2.75, 3.05) is 45.7 Å². The van der Waals surface area contributed by atoms with Crippen molar-refractivity contribution in [3.63, 3.8) is 0 Å². The molecule has 8 heteroatoms. The Morgan fingerprint density at radius 2 is 1.94 bits per heavy atom. The highest BCUT2D eigenvalue weighted by atomic mass is 35.5. The van der Waals surface area contributed by atoms with Crippen LogP contribution in [-0.2, 0) is 6.54 Å². The molecule has 3 aromatic rings. The fourth-order valence-electron chi connectivity index (χ4n) is 3.97. The number of rotatable bonds is 7. The predicted molar refractivity (Wildman–Crippen MR) is 140 cm³/mol. The molecule has 1 aliphatic heterocycles. The van der Waals surface area contributed by atoms with E-state index in [2.05, 4.69) is 36.0 Å². The van der Waals surface area contributed by atoms with Crippen LogP contribution in [0.2, 0.25) is 5.02 Å². The highest BCUT2D eigenvalue weighted by Crippen LogP contribution is 2.33. The molecule has 6 nitrogen and oxygen atoms in total. The third kappa shape index (κ3) is 5.78. The maximum atomic E-state index is 13.2. The minimum Gasteiger partial charge on any atom is -0.497 e. The van der Waals surface area contributed by atoms with Crippen molar-refractivity contribution in [3.05, 3.63) is 62.9 Å². The molecule has 4 rings (SSSR count). The van der Waals surface area contributed by atoms with Gasteiger partial charge in [-0.15, -0.1) is 11.3 Å². The Balaban J connectivity index is 1.52. The van der Waals surface area contributed by atoms with Crippen molar-refractivity contribution >= 4 is 34.5 Å². The molecule has 0 spiro atoms. The number of ether oxygens (including phenoxy) is 1. The number of hydrogen-bond donors (Lipinski definition) is 1. The van der Waals surface area contributed by atoms with Crippen molar-refractivity contribution in [1.82, 2.24) is 14.8 Å². The van der Waals surface area contributed by atoms with Gasteiger partial charge in [0.25, 0.3) is 5.91 Å². The lowest BCUT2D eigenvalue weighted by molar-refractivity contribution is 0.102. The Kier molecular flexibility index (Phi) is 7.88. The number of thiazole rings is 1. The summed E-state index contributed by atoms with van der Waals surface area (Å²) < 4.78 is 5.42. The second-order valence-corrected chi connectivity index (χ2v) is 10.3. The number of hydrogen-bond acceptors (Lipinski definition) is 6. The standard InChI is InChI=1S/C26H31ClN4O2S/c1-17(2)26-29-24(16-34-26)22-7-5-19(14-23(22)27)28-25(32)21-8-6-20(33-4)13-18(21)15-31-11-9-30(3)10-12-31/h5-8,13-14,16-17H,9-12,15H2,1-4H3,(H,28,32). The summed E-state index contributed by atoms with van der Waals surface area (Å²) in [4.78, 5) is 22.6. The summed E-state index contributed by atoms with van der Waals surface area (Å²) in [6, 6.07) is 11.2. The van der Waals surface area contributed by atoms with E-state index in [9.17, 15) is 4.79 Å². The highest BCUT2D eigenvalue weighted by Gasteiger charge is 2.19. The van der Waals surface area contributed by atoms with E-state index in [-0.39, 0.29) is 5.91 Å². The average molecular weight is 499 g/mol. The Hall–Kier alpha value is -2.45. The number of carbonyl (C=O) groups excluding carboxylic acids is 1. The van der Waals surface area contributed by atoms with E-state index in [1.807, 2.05) is 35.7 Å². The normalized spacial score (nSPS) is 15.0. The first kappa shape index (κ1) is 24.7. The number of amides is 1. The highest BCUT2D eigenvalue weighted by molar-refractivity contribution is 7.10. The van der Waals surface area contributed by atoms with E-state index < -0.39 is 0 Å². The monoisotopic (exact) mass is 498 g/mol. The lowest BCUT2D eigenvalue weighted by atomic mass is 10.0. The van der Waals surface area contributed by atoms with Crippen LogP contribution in [-0.4, -0.2) is 61.0 Å². The number of piperazine rings is 1. The van der Waals surface area contributed by atoms with E-state index in [1.54, 1.807) is 24.5 Å². The molecule has 1 aliphatic rings. The number of likely N-dealkylation sites (N-methyl/N-ethyl adjacent to an activating group) is 1.